The number of likely N-dealkylation sites (N-methyl/N-ethyl adjacent to an activating group) is 1. The third-order valence-electron chi connectivity index (χ3n) is 11.2. The van der Waals surface area contributed by atoms with Crippen LogP contribution in [-0.2, 0) is 25.5 Å². The summed E-state index contributed by atoms with van der Waals surface area (Å²) in [6.07, 6.45) is 3.69. The van der Waals surface area contributed by atoms with Crippen LogP contribution in [0, 0.1) is 23.2 Å². The third-order valence-corrected chi connectivity index (χ3v) is 12.1. The van der Waals surface area contributed by atoms with E-state index in [0.29, 0.717) is 30.1 Å². The van der Waals surface area contributed by atoms with Crippen molar-refractivity contribution in [3.8, 4) is 0 Å². The minimum absolute atomic E-state index is 0.0182. The second-order valence-electron chi connectivity index (χ2n) is 16.5. The number of benzene rings is 1. The number of carbonyl (C=O) groups excluding carboxylic acids is 4. The highest BCUT2D eigenvalue weighted by Crippen LogP contribution is 2.34. The number of aliphatic carboxylic acids is 1. The van der Waals surface area contributed by atoms with Crippen molar-refractivity contribution in [1.82, 2.24) is 25.4 Å². The number of thiazole rings is 1. The molecule has 3 rings (SSSR count). The molecule has 2 aromatic rings. The van der Waals surface area contributed by atoms with Crippen molar-refractivity contribution >= 4 is 46.7 Å². The van der Waals surface area contributed by atoms with Crippen LogP contribution >= 0.6 is 11.3 Å². The lowest BCUT2D eigenvalue weighted by Gasteiger charge is -2.39. The van der Waals surface area contributed by atoms with Crippen LogP contribution in [0.3, 0.4) is 0 Å². The number of anilines is 1. The molecule has 1 aliphatic rings. The summed E-state index contributed by atoms with van der Waals surface area (Å²) in [5.41, 5.74) is 6.34. The Morgan fingerprint density at radius 2 is 1.79 bits per heavy atom. The molecule has 56 heavy (non-hydrogen) atoms. The minimum Gasteiger partial charge on any atom is -0.481 e. The zero-order valence-electron chi connectivity index (χ0n) is 34.9. The number of hydrogen-bond donors (Lipinski definition) is 4. The van der Waals surface area contributed by atoms with E-state index in [1.165, 1.54) is 18.4 Å². The highest BCUT2D eigenvalue weighted by Gasteiger charge is 2.39. The molecule has 1 aromatic heterocycles. The Morgan fingerprint density at radius 3 is 2.36 bits per heavy atom. The van der Waals surface area contributed by atoms with Crippen molar-refractivity contribution in [2.24, 2.45) is 23.2 Å². The number of nitrogens with one attached hydrogen (secondary N) is 2. The highest BCUT2D eigenvalue weighted by molar-refractivity contribution is 7.09. The molecule has 1 aromatic carbocycles. The van der Waals surface area contributed by atoms with Gasteiger partial charge in [-0.1, -0.05) is 59.6 Å². The number of rotatable bonds is 21. The first-order valence-corrected chi connectivity index (χ1v) is 21.1. The van der Waals surface area contributed by atoms with E-state index < -0.39 is 41.4 Å². The van der Waals surface area contributed by atoms with Gasteiger partial charge in [0.05, 0.1) is 11.5 Å². The average Bonchev–Trinajstić information content (AvgIpc) is 3.65. The molecule has 0 aliphatic carbocycles. The smallest absolute Gasteiger partial charge is 0.407 e. The lowest BCUT2D eigenvalue weighted by Crippen LogP contribution is -2.50. The van der Waals surface area contributed by atoms with Crippen molar-refractivity contribution in [2.45, 2.75) is 130 Å². The van der Waals surface area contributed by atoms with Crippen molar-refractivity contribution < 1.29 is 33.8 Å². The van der Waals surface area contributed by atoms with E-state index in [1.807, 2.05) is 58.7 Å². The Morgan fingerprint density at radius 1 is 1.11 bits per heavy atom. The molecule has 0 spiro atoms. The average molecular weight is 799 g/mol. The monoisotopic (exact) mass is 798 g/mol. The van der Waals surface area contributed by atoms with Crippen molar-refractivity contribution in [2.75, 3.05) is 32.9 Å². The van der Waals surface area contributed by atoms with Gasteiger partial charge in [0.15, 0.2) is 11.9 Å². The summed E-state index contributed by atoms with van der Waals surface area (Å²) >= 11 is 1.18. The Bertz CT molecular complexity index is 1610. The lowest BCUT2D eigenvalue weighted by molar-refractivity contribution is -0.147. The quantitative estimate of drug-likeness (QED) is 0.0989. The van der Waals surface area contributed by atoms with E-state index >= 15 is 0 Å². The fourth-order valence-electron chi connectivity index (χ4n) is 7.53. The van der Waals surface area contributed by atoms with E-state index in [1.54, 1.807) is 31.4 Å². The summed E-state index contributed by atoms with van der Waals surface area (Å²) in [5, 5.41) is 17.4. The molecule has 5 N–H and O–H groups in total. The largest absolute Gasteiger partial charge is 0.481 e. The number of likely N-dealkylation sites (tertiary alicyclic amines) is 1. The molecule has 1 aliphatic heterocycles. The van der Waals surface area contributed by atoms with Gasteiger partial charge in [0.1, 0.15) is 10.7 Å². The Labute approximate surface area is 337 Å². The first-order valence-electron chi connectivity index (χ1n) is 20.2. The number of piperidine rings is 1. The molecule has 3 amide bonds. The summed E-state index contributed by atoms with van der Waals surface area (Å²) in [7, 11) is 3.45. The summed E-state index contributed by atoms with van der Waals surface area (Å²) in [5.74, 6) is -1.98. The van der Waals surface area contributed by atoms with Gasteiger partial charge < -0.3 is 31.1 Å². The Kier molecular flexibility index (Phi) is 17.8. The van der Waals surface area contributed by atoms with Crippen LogP contribution in [0.2, 0.25) is 0 Å². The molecule has 0 radical (unpaired) electrons. The van der Waals surface area contributed by atoms with Crippen LogP contribution in [0.4, 0.5) is 10.5 Å². The Hall–Kier alpha value is -4.04. The molecule has 1 fully saturated rings. The van der Waals surface area contributed by atoms with Crippen molar-refractivity contribution in [3.63, 3.8) is 0 Å². The normalized spacial score (nSPS) is 17.6. The van der Waals surface area contributed by atoms with Gasteiger partial charge in [-0.3, -0.25) is 24.1 Å². The maximum Gasteiger partial charge on any atom is 0.407 e. The number of hydrogen-bond acceptors (Lipinski definition) is 10. The van der Waals surface area contributed by atoms with Gasteiger partial charge in [0.2, 0.25) is 5.91 Å². The first-order chi connectivity index (χ1) is 26.4. The van der Waals surface area contributed by atoms with E-state index in [9.17, 15) is 29.1 Å². The second kappa shape index (κ2) is 21.5. The molecular weight excluding hydrogens is 733 g/mol. The highest BCUT2D eigenvalue weighted by atomic mass is 32.1. The van der Waals surface area contributed by atoms with Crippen molar-refractivity contribution in [1.29, 1.82) is 0 Å². The Balaban J connectivity index is 1.92. The van der Waals surface area contributed by atoms with Crippen LogP contribution in [0.1, 0.15) is 127 Å². The molecular formula is C42H66N6O7S. The number of carboxylic acids is 1. The van der Waals surface area contributed by atoms with E-state index in [-0.39, 0.29) is 60.6 Å². The number of aromatic nitrogens is 1. The number of ketones is 1. The van der Waals surface area contributed by atoms with Gasteiger partial charge in [-0.05, 0) is 89.1 Å². The summed E-state index contributed by atoms with van der Waals surface area (Å²) < 4.78 is 5.91. The van der Waals surface area contributed by atoms with Crippen LogP contribution in [0.25, 0.3) is 0 Å². The van der Waals surface area contributed by atoms with E-state index in [2.05, 4.69) is 20.5 Å². The van der Waals surface area contributed by atoms with E-state index in [4.69, 9.17) is 10.5 Å². The molecule has 6 atom stereocenters. The number of carboxylic acid groups (broad SMARTS) is 1. The molecule has 0 unspecified atom stereocenters. The molecule has 0 bridgehead atoms. The van der Waals surface area contributed by atoms with E-state index in [0.717, 1.165) is 37.8 Å². The standard InChI is InChI=1S/C42H66N6O7S/c1-10-19-48(39(51)31(27(5)11-2)22-35(49)33-14-12-13-20-47(33)9)34(26(3)4)23-36(55-41(54)44-8)38-46-32(25-56-38)37(50)45-30(24-42(6,7)40(52)53)21-28-15-17-29(43)18-16-28/h15-18,25-27,30-31,33-34,36H,10-14,19-24,43H2,1-9H3,(H,44,54)(H,45,50)(H,52,53)/t27-,30-,31-,33+,34+,36+/m0/s1. The summed E-state index contributed by atoms with van der Waals surface area (Å²) in [6, 6.07) is 6.12. The zero-order chi connectivity index (χ0) is 41.7. The van der Waals surface area contributed by atoms with Crippen LogP contribution in [-0.4, -0.2) is 94.9 Å². The number of nitrogen functional groups attached to an aromatic ring is 1. The molecule has 14 heteroatoms. The molecule has 2 heterocycles. The maximum absolute atomic E-state index is 14.7. The van der Waals surface area contributed by atoms with Gasteiger partial charge in [-0.15, -0.1) is 11.3 Å². The first kappa shape index (κ1) is 46.3. The van der Waals surface area contributed by atoms with Crippen LogP contribution < -0.4 is 16.4 Å². The number of nitrogens with two attached hydrogens (primary N) is 1. The number of ether oxygens (including phenoxy) is 1. The third kappa shape index (κ3) is 13.0. The van der Waals surface area contributed by atoms with Gasteiger partial charge in [0.25, 0.3) is 5.91 Å². The lowest BCUT2D eigenvalue weighted by atomic mass is 9.82. The van der Waals surface area contributed by atoms with Crippen molar-refractivity contribution in [3.05, 3.63) is 45.9 Å². The SMILES string of the molecule is CCCN(C(=O)[C@@H](CC(=O)[C@H]1CCCCN1C)[C@@H](C)CC)[C@H](C[C@@H](OC(=O)NC)c1nc(C(=O)N[C@@H](Cc2ccc(N)cc2)CC(C)(C)C(=O)O)cs1)C(C)C. The van der Waals surface area contributed by atoms with Crippen LogP contribution in [0.5, 0.6) is 0 Å². The fourth-order valence-corrected chi connectivity index (χ4v) is 8.36. The van der Waals surface area contributed by atoms with Gasteiger partial charge in [0, 0.05) is 55.5 Å². The van der Waals surface area contributed by atoms with Gasteiger partial charge in [-0.2, -0.15) is 0 Å². The number of nitrogens with zero attached hydrogens (tertiary/aromatic N) is 3. The molecule has 0 saturated carbocycles. The molecule has 312 valence electrons. The number of amides is 3. The molecule has 1 saturated heterocycles. The number of Topliss-reactive ketones (excluding diaryl/α,β-unsaturated/α-hetero) is 1. The number of carbonyl (C=O) groups is 5. The van der Waals surface area contributed by atoms with Crippen LogP contribution in [0.15, 0.2) is 29.6 Å². The minimum atomic E-state index is -1.12. The predicted octanol–water partition coefficient (Wildman–Crippen LogP) is 6.72. The summed E-state index contributed by atoms with van der Waals surface area (Å²) in [6.45, 7) is 14.7. The summed E-state index contributed by atoms with van der Waals surface area (Å²) in [4.78, 5) is 75.6. The number of alkyl carbamates (subject to hydrolysis) is 1. The van der Waals surface area contributed by atoms with Gasteiger partial charge in [-0.25, -0.2) is 9.78 Å². The second-order valence-corrected chi connectivity index (χ2v) is 17.3. The maximum atomic E-state index is 14.7. The fraction of sp³-hybridized carbons (Fsp3) is 0.667. The molecule has 13 nitrogen and oxygen atoms in total. The zero-order valence-corrected chi connectivity index (χ0v) is 35.7. The topological polar surface area (TPSA) is 184 Å². The predicted molar refractivity (Wildman–Crippen MR) is 220 cm³/mol. The van der Waals surface area contributed by atoms with Gasteiger partial charge >= 0.3 is 12.1 Å².